The number of carbonyl (C=O) groups is 1. The molecule has 0 spiro atoms. The van der Waals surface area contributed by atoms with E-state index in [1.165, 1.54) is 0 Å². The molecule has 0 fully saturated rings. The Hall–Kier alpha value is -0.750. The van der Waals surface area contributed by atoms with Crippen LogP contribution in [0.4, 0.5) is 8.78 Å². The van der Waals surface area contributed by atoms with Gasteiger partial charge in [0, 0.05) is 19.5 Å². The third-order valence-electron chi connectivity index (χ3n) is 1.59. The van der Waals surface area contributed by atoms with Gasteiger partial charge in [-0.05, 0) is 14.1 Å². The number of nitrogens with zero attached hydrogens (tertiary/aromatic N) is 1. The van der Waals surface area contributed by atoms with E-state index in [9.17, 15) is 13.6 Å². The Morgan fingerprint density at radius 1 is 1.50 bits per heavy atom. The average molecular weight is 210 g/mol. The van der Waals surface area contributed by atoms with Crippen molar-refractivity contribution in [3.8, 4) is 0 Å². The third kappa shape index (κ3) is 6.73. The molecule has 4 nitrogen and oxygen atoms in total. The standard InChI is InChI=1S/C8H16F2N2O2/c1-12(2)4-3-7(14)11-5-6(13)8(9)10/h6,8,13H,3-5H2,1-2H3,(H,11,14). The van der Waals surface area contributed by atoms with Crippen molar-refractivity contribution >= 4 is 5.91 Å². The Morgan fingerprint density at radius 2 is 2.07 bits per heavy atom. The van der Waals surface area contributed by atoms with E-state index in [1.807, 2.05) is 4.90 Å². The normalized spacial score (nSPS) is 13.4. The van der Waals surface area contributed by atoms with Crippen LogP contribution >= 0.6 is 0 Å². The van der Waals surface area contributed by atoms with Gasteiger partial charge in [0.25, 0.3) is 6.43 Å². The number of amides is 1. The molecule has 0 radical (unpaired) electrons. The molecule has 6 heteroatoms. The quantitative estimate of drug-likeness (QED) is 0.631. The van der Waals surface area contributed by atoms with Crippen molar-refractivity contribution in [2.24, 2.45) is 0 Å². The summed E-state index contributed by atoms with van der Waals surface area (Å²) in [6.45, 7) is 0.153. The molecule has 0 aliphatic heterocycles. The number of halogens is 2. The lowest BCUT2D eigenvalue weighted by molar-refractivity contribution is -0.122. The van der Waals surface area contributed by atoms with Crippen LogP contribution in [-0.2, 0) is 4.79 Å². The lowest BCUT2D eigenvalue weighted by atomic mass is 10.3. The molecule has 1 atom stereocenters. The average Bonchev–Trinajstić information content (AvgIpc) is 2.10. The highest BCUT2D eigenvalue weighted by Gasteiger charge is 2.17. The Labute approximate surface area is 81.9 Å². The van der Waals surface area contributed by atoms with Gasteiger partial charge in [-0.3, -0.25) is 4.79 Å². The number of aliphatic hydroxyl groups is 1. The summed E-state index contributed by atoms with van der Waals surface area (Å²) in [7, 11) is 3.61. The molecule has 0 bridgehead atoms. The minimum Gasteiger partial charge on any atom is -0.385 e. The predicted octanol–water partition coefficient (Wildman–Crippen LogP) is -0.320. The van der Waals surface area contributed by atoms with Gasteiger partial charge in [-0.15, -0.1) is 0 Å². The van der Waals surface area contributed by atoms with Crippen molar-refractivity contribution in [2.45, 2.75) is 19.0 Å². The smallest absolute Gasteiger partial charge is 0.265 e. The fourth-order valence-corrected chi connectivity index (χ4v) is 0.721. The van der Waals surface area contributed by atoms with Crippen molar-refractivity contribution in [1.29, 1.82) is 0 Å². The Balaban J connectivity index is 3.54. The van der Waals surface area contributed by atoms with Gasteiger partial charge in [0.15, 0.2) is 0 Å². The number of hydrogen-bond donors (Lipinski definition) is 2. The van der Waals surface area contributed by atoms with Crippen LogP contribution < -0.4 is 5.32 Å². The molecule has 0 rings (SSSR count). The van der Waals surface area contributed by atoms with E-state index in [0.29, 0.717) is 6.54 Å². The van der Waals surface area contributed by atoms with Crippen LogP contribution in [-0.4, -0.2) is 55.6 Å². The molecular weight excluding hydrogens is 194 g/mol. The molecule has 0 saturated carbocycles. The zero-order valence-corrected chi connectivity index (χ0v) is 8.33. The van der Waals surface area contributed by atoms with Gasteiger partial charge in [-0.25, -0.2) is 8.78 Å². The van der Waals surface area contributed by atoms with Gasteiger partial charge < -0.3 is 15.3 Å². The molecule has 0 aromatic heterocycles. The van der Waals surface area contributed by atoms with E-state index in [4.69, 9.17) is 5.11 Å². The second kappa shape index (κ2) is 6.67. The maximum absolute atomic E-state index is 11.8. The van der Waals surface area contributed by atoms with Crippen molar-refractivity contribution in [1.82, 2.24) is 10.2 Å². The number of alkyl halides is 2. The van der Waals surface area contributed by atoms with Gasteiger partial charge >= 0.3 is 0 Å². The summed E-state index contributed by atoms with van der Waals surface area (Å²) in [6, 6.07) is 0. The van der Waals surface area contributed by atoms with E-state index in [0.717, 1.165) is 0 Å². The summed E-state index contributed by atoms with van der Waals surface area (Å²) in [5, 5.41) is 10.9. The van der Waals surface area contributed by atoms with E-state index < -0.39 is 19.1 Å². The lowest BCUT2D eigenvalue weighted by Gasteiger charge is -2.12. The van der Waals surface area contributed by atoms with Crippen LogP contribution in [0.5, 0.6) is 0 Å². The SMILES string of the molecule is CN(C)CCC(=O)NCC(O)C(F)F. The number of nitrogens with one attached hydrogen (secondary N) is 1. The predicted molar refractivity (Wildman–Crippen MR) is 48.2 cm³/mol. The summed E-state index contributed by atoms with van der Waals surface area (Å²) >= 11 is 0. The molecule has 0 saturated heterocycles. The number of hydrogen-bond acceptors (Lipinski definition) is 3. The van der Waals surface area contributed by atoms with E-state index in [-0.39, 0.29) is 12.3 Å². The van der Waals surface area contributed by atoms with Gasteiger partial charge in [-0.1, -0.05) is 0 Å². The van der Waals surface area contributed by atoms with Crippen molar-refractivity contribution in [2.75, 3.05) is 27.2 Å². The first-order valence-corrected chi connectivity index (χ1v) is 4.31. The topological polar surface area (TPSA) is 52.6 Å². The Kier molecular flexibility index (Phi) is 6.31. The van der Waals surface area contributed by atoms with Crippen LogP contribution in [0.15, 0.2) is 0 Å². The van der Waals surface area contributed by atoms with E-state index in [1.54, 1.807) is 14.1 Å². The first-order valence-electron chi connectivity index (χ1n) is 4.31. The van der Waals surface area contributed by atoms with Gasteiger partial charge in [0.2, 0.25) is 5.91 Å². The number of aliphatic hydroxyl groups excluding tert-OH is 1. The molecule has 84 valence electrons. The second-order valence-electron chi connectivity index (χ2n) is 3.26. The van der Waals surface area contributed by atoms with Crippen molar-refractivity contribution < 1.29 is 18.7 Å². The van der Waals surface area contributed by atoms with E-state index in [2.05, 4.69) is 5.32 Å². The summed E-state index contributed by atoms with van der Waals surface area (Å²) in [4.78, 5) is 12.8. The van der Waals surface area contributed by atoms with Crippen LogP contribution in [0.3, 0.4) is 0 Å². The molecule has 0 aromatic carbocycles. The third-order valence-corrected chi connectivity index (χ3v) is 1.59. The zero-order chi connectivity index (χ0) is 11.1. The summed E-state index contributed by atoms with van der Waals surface area (Å²) in [6.07, 6.45) is -4.36. The second-order valence-corrected chi connectivity index (χ2v) is 3.26. The number of carbonyl (C=O) groups excluding carboxylic acids is 1. The summed E-state index contributed by atoms with van der Waals surface area (Å²) in [5.74, 6) is -0.335. The first-order chi connectivity index (χ1) is 6.43. The molecule has 1 amide bonds. The van der Waals surface area contributed by atoms with Crippen molar-refractivity contribution in [3.63, 3.8) is 0 Å². The highest BCUT2D eigenvalue weighted by atomic mass is 19.3. The first kappa shape index (κ1) is 13.2. The fourth-order valence-electron chi connectivity index (χ4n) is 0.721. The number of rotatable bonds is 6. The molecule has 0 aliphatic rings. The van der Waals surface area contributed by atoms with Crippen LogP contribution in [0, 0.1) is 0 Å². The van der Waals surface area contributed by atoms with E-state index >= 15 is 0 Å². The fraction of sp³-hybridized carbons (Fsp3) is 0.875. The van der Waals surface area contributed by atoms with Crippen LogP contribution in [0.2, 0.25) is 0 Å². The summed E-state index contributed by atoms with van der Waals surface area (Å²) < 4.78 is 23.6. The maximum Gasteiger partial charge on any atom is 0.265 e. The molecule has 0 heterocycles. The Bertz CT molecular complexity index is 177. The zero-order valence-electron chi connectivity index (χ0n) is 8.33. The molecule has 2 N–H and O–H groups in total. The molecule has 1 unspecified atom stereocenters. The molecule has 14 heavy (non-hydrogen) atoms. The van der Waals surface area contributed by atoms with Gasteiger partial charge in [-0.2, -0.15) is 0 Å². The molecule has 0 aromatic rings. The summed E-state index contributed by atoms with van der Waals surface area (Å²) in [5.41, 5.74) is 0. The monoisotopic (exact) mass is 210 g/mol. The van der Waals surface area contributed by atoms with Crippen LogP contribution in [0.25, 0.3) is 0 Å². The molecular formula is C8H16F2N2O2. The highest BCUT2D eigenvalue weighted by molar-refractivity contribution is 5.76. The lowest BCUT2D eigenvalue weighted by Crippen LogP contribution is -2.36. The molecule has 0 aliphatic carbocycles. The highest BCUT2D eigenvalue weighted by Crippen LogP contribution is 1.98. The largest absolute Gasteiger partial charge is 0.385 e. The van der Waals surface area contributed by atoms with Gasteiger partial charge in [0.1, 0.15) is 6.10 Å². The maximum atomic E-state index is 11.8. The van der Waals surface area contributed by atoms with Gasteiger partial charge in [0.05, 0.1) is 0 Å². The van der Waals surface area contributed by atoms with Crippen molar-refractivity contribution in [3.05, 3.63) is 0 Å². The Morgan fingerprint density at radius 3 is 2.50 bits per heavy atom. The van der Waals surface area contributed by atoms with Crippen LogP contribution in [0.1, 0.15) is 6.42 Å². The minimum absolute atomic E-state index is 0.239. The minimum atomic E-state index is -2.82.